The van der Waals surface area contributed by atoms with Crippen molar-refractivity contribution in [3.05, 3.63) is 58.4 Å². The average molecular weight is 383 g/mol. The molecule has 6 nitrogen and oxygen atoms in total. The van der Waals surface area contributed by atoms with Gasteiger partial charge in [-0.05, 0) is 38.5 Å². The van der Waals surface area contributed by atoms with E-state index in [2.05, 4.69) is 49.8 Å². The summed E-state index contributed by atoms with van der Waals surface area (Å²) in [6.45, 7) is 6.06. The zero-order valence-corrected chi connectivity index (χ0v) is 16.4. The van der Waals surface area contributed by atoms with E-state index in [1.807, 2.05) is 32.0 Å². The van der Waals surface area contributed by atoms with Crippen molar-refractivity contribution < 1.29 is 0 Å². The van der Waals surface area contributed by atoms with E-state index in [9.17, 15) is 0 Å². The largest absolute Gasteiger partial charge is 0.331 e. The minimum Gasteiger partial charge on any atom is -0.331 e. The Labute approximate surface area is 159 Å². The first-order chi connectivity index (χ1) is 12.6. The van der Waals surface area contributed by atoms with Crippen LogP contribution in [0.3, 0.4) is 0 Å². The van der Waals surface area contributed by atoms with Crippen molar-refractivity contribution in [3.63, 3.8) is 0 Å². The summed E-state index contributed by atoms with van der Waals surface area (Å²) < 4.78 is 1.78. The molecule has 0 saturated carbocycles. The van der Waals surface area contributed by atoms with Crippen LogP contribution in [0.25, 0.3) is 5.78 Å². The standard InChI is InChI=1S/C18H18N6S2/c1-11-6-4-5-7-15(11)21-17-20-14(9-25-17)10-26-18-22-16-19-12(2)8-13(3)24(16)23-18/h4-9H,10H2,1-3H3,(H,20,21). The van der Waals surface area contributed by atoms with Crippen LogP contribution in [0.15, 0.2) is 40.9 Å². The number of fused-ring (bicyclic) bond motifs is 1. The Balaban J connectivity index is 1.45. The second-order valence-corrected chi connectivity index (χ2v) is 7.82. The van der Waals surface area contributed by atoms with E-state index >= 15 is 0 Å². The lowest BCUT2D eigenvalue weighted by Gasteiger charge is -2.05. The second-order valence-electron chi connectivity index (χ2n) is 6.02. The predicted octanol–water partition coefficient (Wildman–Crippen LogP) is 4.54. The molecular formula is C18H18N6S2. The van der Waals surface area contributed by atoms with Crippen LogP contribution in [-0.2, 0) is 5.75 Å². The SMILES string of the molecule is Cc1cc(C)n2nc(SCc3csc(Nc4ccccc4C)n3)nc2n1. The number of benzene rings is 1. The Kier molecular flexibility index (Phi) is 4.60. The fourth-order valence-electron chi connectivity index (χ4n) is 2.61. The summed E-state index contributed by atoms with van der Waals surface area (Å²) in [5, 5.41) is 11.6. The fourth-order valence-corrected chi connectivity index (χ4v) is 4.15. The van der Waals surface area contributed by atoms with E-state index in [1.54, 1.807) is 27.6 Å². The summed E-state index contributed by atoms with van der Waals surface area (Å²) >= 11 is 3.17. The molecule has 0 unspecified atom stereocenters. The first-order valence-corrected chi connectivity index (χ1v) is 10.1. The van der Waals surface area contributed by atoms with Gasteiger partial charge in [0.25, 0.3) is 5.78 Å². The molecule has 4 aromatic rings. The number of thiazole rings is 1. The summed E-state index contributed by atoms with van der Waals surface area (Å²) in [4.78, 5) is 13.6. The van der Waals surface area contributed by atoms with E-state index in [-0.39, 0.29) is 0 Å². The maximum Gasteiger partial charge on any atom is 0.253 e. The van der Waals surface area contributed by atoms with Crippen molar-refractivity contribution in [1.82, 2.24) is 24.6 Å². The molecule has 8 heteroatoms. The number of rotatable bonds is 5. The minimum atomic E-state index is 0.644. The number of anilines is 2. The lowest BCUT2D eigenvalue weighted by Crippen LogP contribution is -1.97. The Morgan fingerprint density at radius 1 is 1.12 bits per heavy atom. The van der Waals surface area contributed by atoms with Crippen LogP contribution >= 0.6 is 23.1 Å². The molecule has 0 fully saturated rings. The Morgan fingerprint density at radius 2 is 1.96 bits per heavy atom. The number of para-hydroxylation sites is 1. The number of nitrogens with one attached hydrogen (secondary N) is 1. The molecule has 0 radical (unpaired) electrons. The van der Waals surface area contributed by atoms with Crippen molar-refractivity contribution in [1.29, 1.82) is 0 Å². The molecule has 132 valence electrons. The van der Waals surface area contributed by atoms with E-state index in [0.29, 0.717) is 10.9 Å². The average Bonchev–Trinajstić information content (AvgIpc) is 3.22. The third-order valence-corrected chi connectivity index (χ3v) is 5.56. The van der Waals surface area contributed by atoms with Crippen LogP contribution in [0.5, 0.6) is 0 Å². The van der Waals surface area contributed by atoms with Crippen molar-refractivity contribution in [2.75, 3.05) is 5.32 Å². The summed E-state index contributed by atoms with van der Waals surface area (Å²) in [6.07, 6.45) is 0. The molecule has 0 bridgehead atoms. The van der Waals surface area contributed by atoms with Crippen molar-refractivity contribution in [2.45, 2.75) is 31.7 Å². The molecule has 3 aromatic heterocycles. The molecule has 1 aromatic carbocycles. The number of aryl methyl sites for hydroxylation is 3. The van der Waals surface area contributed by atoms with Gasteiger partial charge in [-0.3, -0.25) is 0 Å². The minimum absolute atomic E-state index is 0.644. The first kappa shape index (κ1) is 17.0. The van der Waals surface area contributed by atoms with Crippen molar-refractivity contribution in [3.8, 4) is 0 Å². The number of hydrogen-bond donors (Lipinski definition) is 1. The molecule has 26 heavy (non-hydrogen) atoms. The lowest BCUT2D eigenvalue weighted by atomic mass is 10.2. The summed E-state index contributed by atoms with van der Waals surface area (Å²) in [5.41, 5.74) is 5.28. The van der Waals surface area contributed by atoms with E-state index in [1.165, 1.54) is 5.56 Å². The number of nitrogens with zero attached hydrogens (tertiary/aromatic N) is 5. The van der Waals surface area contributed by atoms with Gasteiger partial charge in [0.2, 0.25) is 5.16 Å². The zero-order chi connectivity index (χ0) is 18.1. The molecule has 0 aliphatic heterocycles. The van der Waals surface area contributed by atoms with Gasteiger partial charge >= 0.3 is 0 Å². The molecule has 4 rings (SSSR count). The van der Waals surface area contributed by atoms with Crippen LogP contribution < -0.4 is 5.32 Å². The van der Waals surface area contributed by atoms with Gasteiger partial charge in [-0.2, -0.15) is 4.98 Å². The highest BCUT2D eigenvalue weighted by molar-refractivity contribution is 7.98. The highest BCUT2D eigenvalue weighted by Crippen LogP contribution is 2.26. The van der Waals surface area contributed by atoms with E-state index < -0.39 is 0 Å². The summed E-state index contributed by atoms with van der Waals surface area (Å²) in [6, 6.07) is 10.2. The quantitative estimate of drug-likeness (QED) is 0.511. The van der Waals surface area contributed by atoms with Crippen molar-refractivity contribution >= 4 is 39.7 Å². The number of hydrogen-bond acceptors (Lipinski definition) is 7. The third kappa shape index (κ3) is 3.56. The van der Waals surface area contributed by atoms with Crippen LogP contribution in [0, 0.1) is 20.8 Å². The smallest absolute Gasteiger partial charge is 0.253 e. The van der Waals surface area contributed by atoms with Gasteiger partial charge < -0.3 is 5.32 Å². The highest BCUT2D eigenvalue weighted by Gasteiger charge is 2.10. The molecule has 0 aliphatic rings. The zero-order valence-electron chi connectivity index (χ0n) is 14.7. The van der Waals surface area contributed by atoms with Crippen LogP contribution in [-0.4, -0.2) is 24.6 Å². The van der Waals surface area contributed by atoms with Crippen molar-refractivity contribution in [2.24, 2.45) is 0 Å². The fraction of sp³-hybridized carbons (Fsp3) is 0.222. The summed E-state index contributed by atoms with van der Waals surface area (Å²) in [7, 11) is 0. The Hall–Kier alpha value is -2.45. The van der Waals surface area contributed by atoms with Crippen LogP contribution in [0.2, 0.25) is 0 Å². The van der Waals surface area contributed by atoms with Gasteiger partial charge in [0.05, 0.1) is 5.69 Å². The van der Waals surface area contributed by atoms with E-state index in [4.69, 9.17) is 0 Å². The van der Waals surface area contributed by atoms with Gasteiger partial charge in [-0.25, -0.2) is 14.5 Å². The van der Waals surface area contributed by atoms with Gasteiger partial charge in [-0.15, -0.1) is 16.4 Å². The van der Waals surface area contributed by atoms with E-state index in [0.717, 1.165) is 33.7 Å². The lowest BCUT2D eigenvalue weighted by molar-refractivity contribution is 0.843. The molecule has 1 N–H and O–H groups in total. The van der Waals surface area contributed by atoms with Crippen LogP contribution in [0.4, 0.5) is 10.8 Å². The molecule has 0 aliphatic carbocycles. The third-order valence-electron chi connectivity index (χ3n) is 3.89. The van der Waals surface area contributed by atoms with Crippen LogP contribution in [0.1, 0.15) is 22.6 Å². The molecule has 0 amide bonds. The molecule has 3 heterocycles. The maximum atomic E-state index is 4.66. The van der Waals surface area contributed by atoms with Gasteiger partial charge in [0.15, 0.2) is 5.13 Å². The van der Waals surface area contributed by atoms with Gasteiger partial charge in [0, 0.05) is 28.2 Å². The number of aromatic nitrogens is 5. The number of thioether (sulfide) groups is 1. The molecule has 0 atom stereocenters. The summed E-state index contributed by atoms with van der Waals surface area (Å²) in [5.74, 6) is 1.37. The van der Waals surface area contributed by atoms with Gasteiger partial charge in [0.1, 0.15) is 0 Å². The van der Waals surface area contributed by atoms with Gasteiger partial charge in [-0.1, -0.05) is 30.0 Å². The Morgan fingerprint density at radius 3 is 2.81 bits per heavy atom. The maximum absolute atomic E-state index is 4.66. The molecule has 0 spiro atoms. The topological polar surface area (TPSA) is 68.0 Å². The monoisotopic (exact) mass is 382 g/mol. The Bertz CT molecular complexity index is 1070. The highest BCUT2D eigenvalue weighted by atomic mass is 32.2. The molecule has 0 saturated heterocycles. The predicted molar refractivity (Wildman–Crippen MR) is 106 cm³/mol. The second kappa shape index (κ2) is 7.05. The molecular weight excluding hydrogens is 364 g/mol. The first-order valence-electron chi connectivity index (χ1n) is 8.19. The normalized spacial score (nSPS) is 11.2.